The van der Waals surface area contributed by atoms with Crippen LogP contribution in [0.5, 0.6) is 0 Å². The molecule has 1 fully saturated rings. The Bertz CT molecular complexity index is 408. The lowest BCUT2D eigenvalue weighted by atomic mass is 10.2. The summed E-state index contributed by atoms with van der Waals surface area (Å²) in [5.41, 5.74) is 1.42. The van der Waals surface area contributed by atoms with E-state index in [2.05, 4.69) is 31.0 Å². The molecule has 1 aromatic heterocycles. The van der Waals surface area contributed by atoms with Gasteiger partial charge in [-0.05, 0) is 38.9 Å². The summed E-state index contributed by atoms with van der Waals surface area (Å²) in [5.74, 6) is 0.770. The zero-order valence-electron chi connectivity index (χ0n) is 14.0. The van der Waals surface area contributed by atoms with Crippen molar-refractivity contribution in [3.63, 3.8) is 0 Å². The standard InChI is InChI=1S/C17H31N3S/c1-4-7-11-18-13-15-17(14-8-9-14)19-16(21-15)10-12-20(5-2)6-3/h14,18H,4-13H2,1-3H3. The predicted octanol–water partition coefficient (Wildman–Crippen LogP) is 3.79. The number of nitrogens with one attached hydrogen (secondary N) is 1. The molecule has 0 radical (unpaired) electrons. The van der Waals surface area contributed by atoms with Gasteiger partial charge in [0.1, 0.15) is 0 Å². The van der Waals surface area contributed by atoms with Gasteiger partial charge in [0.05, 0.1) is 10.7 Å². The van der Waals surface area contributed by atoms with E-state index < -0.39 is 0 Å². The second kappa shape index (κ2) is 8.86. The van der Waals surface area contributed by atoms with E-state index >= 15 is 0 Å². The second-order valence-electron chi connectivity index (χ2n) is 6.00. The van der Waals surface area contributed by atoms with E-state index in [9.17, 15) is 0 Å². The van der Waals surface area contributed by atoms with Gasteiger partial charge in [0.25, 0.3) is 0 Å². The smallest absolute Gasteiger partial charge is 0.0944 e. The topological polar surface area (TPSA) is 28.2 Å². The average molecular weight is 310 g/mol. The molecule has 0 atom stereocenters. The van der Waals surface area contributed by atoms with Gasteiger partial charge in [-0.1, -0.05) is 27.2 Å². The van der Waals surface area contributed by atoms with Crippen molar-refractivity contribution in [1.29, 1.82) is 0 Å². The normalized spacial score (nSPS) is 15.0. The highest BCUT2D eigenvalue weighted by atomic mass is 32.1. The van der Waals surface area contributed by atoms with Crippen LogP contribution >= 0.6 is 11.3 Å². The van der Waals surface area contributed by atoms with Crippen molar-refractivity contribution in [1.82, 2.24) is 15.2 Å². The number of hydrogen-bond donors (Lipinski definition) is 1. The number of likely N-dealkylation sites (N-methyl/N-ethyl adjacent to an activating group) is 1. The Morgan fingerprint density at radius 3 is 2.62 bits per heavy atom. The second-order valence-corrected chi connectivity index (χ2v) is 7.17. The highest BCUT2D eigenvalue weighted by Crippen LogP contribution is 2.42. The van der Waals surface area contributed by atoms with Crippen molar-refractivity contribution in [3.8, 4) is 0 Å². The number of rotatable bonds is 11. The minimum Gasteiger partial charge on any atom is -0.312 e. The van der Waals surface area contributed by atoms with Gasteiger partial charge in [-0.25, -0.2) is 4.98 Å². The van der Waals surface area contributed by atoms with Gasteiger partial charge in [0.15, 0.2) is 0 Å². The SMILES string of the molecule is CCCCNCc1sc(CCN(CC)CC)nc1C1CC1. The molecule has 2 rings (SSSR count). The summed E-state index contributed by atoms with van der Waals surface area (Å²) in [6, 6.07) is 0. The van der Waals surface area contributed by atoms with Crippen molar-refractivity contribution in [3.05, 3.63) is 15.6 Å². The molecule has 3 nitrogen and oxygen atoms in total. The van der Waals surface area contributed by atoms with E-state index in [-0.39, 0.29) is 0 Å². The Kier molecular flexibility index (Phi) is 7.14. The third-order valence-electron chi connectivity index (χ3n) is 4.26. The molecular weight excluding hydrogens is 278 g/mol. The van der Waals surface area contributed by atoms with Crippen LogP contribution < -0.4 is 5.32 Å². The fraction of sp³-hybridized carbons (Fsp3) is 0.824. The molecule has 1 aliphatic rings. The summed E-state index contributed by atoms with van der Waals surface area (Å²) in [5, 5.41) is 4.93. The number of hydrogen-bond acceptors (Lipinski definition) is 4. The Hall–Kier alpha value is -0.450. The van der Waals surface area contributed by atoms with Crippen molar-refractivity contribution in [2.24, 2.45) is 0 Å². The lowest BCUT2D eigenvalue weighted by Crippen LogP contribution is -2.25. The number of unbranched alkanes of at least 4 members (excludes halogenated alkanes) is 1. The van der Waals surface area contributed by atoms with E-state index in [1.165, 1.54) is 41.3 Å². The van der Waals surface area contributed by atoms with E-state index in [1.807, 2.05) is 11.3 Å². The molecule has 1 aliphatic carbocycles. The Morgan fingerprint density at radius 2 is 2.00 bits per heavy atom. The maximum Gasteiger partial charge on any atom is 0.0944 e. The zero-order chi connectivity index (χ0) is 15.1. The van der Waals surface area contributed by atoms with Gasteiger partial charge in [-0.15, -0.1) is 11.3 Å². The first-order chi connectivity index (χ1) is 10.3. The zero-order valence-corrected chi connectivity index (χ0v) is 14.8. The van der Waals surface area contributed by atoms with Crippen molar-refractivity contribution in [2.45, 2.75) is 65.3 Å². The van der Waals surface area contributed by atoms with Gasteiger partial charge in [0, 0.05) is 30.3 Å². The van der Waals surface area contributed by atoms with Crippen LogP contribution in [0.3, 0.4) is 0 Å². The number of thiazole rings is 1. The third-order valence-corrected chi connectivity index (χ3v) is 5.40. The molecule has 1 saturated carbocycles. The average Bonchev–Trinajstić information content (AvgIpc) is 3.26. The summed E-state index contributed by atoms with van der Waals surface area (Å²) in [7, 11) is 0. The molecule has 0 spiro atoms. The van der Waals surface area contributed by atoms with Crippen LogP contribution in [0.2, 0.25) is 0 Å². The molecule has 4 heteroatoms. The summed E-state index contributed by atoms with van der Waals surface area (Å²) >= 11 is 1.95. The molecule has 0 amide bonds. The van der Waals surface area contributed by atoms with Gasteiger partial charge in [-0.3, -0.25) is 0 Å². The molecule has 0 aliphatic heterocycles. The minimum absolute atomic E-state index is 0.770. The molecule has 21 heavy (non-hydrogen) atoms. The molecule has 1 N–H and O–H groups in total. The monoisotopic (exact) mass is 309 g/mol. The van der Waals surface area contributed by atoms with Crippen molar-refractivity contribution < 1.29 is 0 Å². The van der Waals surface area contributed by atoms with Gasteiger partial charge >= 0.3 is 0 Å². The highest BCUT2D eigenvalue weighted by Gasteiger charge is 2.29. The molecule has 0 unspecified atom stereocenters. The number of nitrogens with zero attached hydrogens (tertiary/aromatic N) is 2. The molecular formula is C17H31N3S. The molecule has 1 heterocycles. The summed E-state index contributed by atoms with van der Waals surface area (Å²) in [4.78, 5) is 8.95. The first-order valence-electron chi connectivity index (χ1n) is 8.69. The van der Waals surface area contributed by atoms with Crippen LogP contribution in [-0.4, -0.2) is 36.1 Å². The molecule has 0 aromatic carbocycles. The van der Waals surface area contributed by atoms with E-state index in [0.29, 0.717) is 0 Å². The lowest BCUT2D eigenvalue weighted by Gasteiger charge is -2.16. The minimum atomic E-state index is 0.770. The molecule has 120 valence electrons. The van der Waals surface area contributed by atoms with Gasteiger partial charge < -0.3 is 10.2 Å². The van der Waals surface area contributed by atoms with E-state index in [1.54, 1.807) is 0 Å². The summed E-state index contributed by atoms with van der Waals surface area (Å²) in [6.45, 7) is 12.3. The summed E-state index contributed by atoms with van der Waals surface area (Å²) in [6.07, 6.45) is 6.34. The predicted molar refractivity (Wildman–Crippen MR) is 92.2 cm³/mol. The van der Waals surface area contributed by atoms with E-state index in [4.69, 9.17) is 4.98 Å². The van der Waals surface area contributed by atoms with E-state index in [0.717, 1.165) is 45.1 Å². The quantitative estimate of drug-likeness (QED) is 0.630. The van der Waals surface area contributed by atoms with Crippen LogP contribution in [0.4, 0.5) is 0 Å². The first-order valence-corrected chi connectivity index (χ1v) is 9.51. The Balaban J connectivity index is 1.89. The first kappa shape index (κ1) is 16.9. The van der Waals surface area contributed by atoms with Crippen molar-refractivity contribution in [2.75, 3.05) is 26.2 Å². The van der Waals surface area contributed by atoms with Gasteiger partial charge in [0.2, 0.25) is 0 Å². The fourth-order valence-electron chi connectivity index (χ4n) is 2.62. The number of aromatic nitrogens is 1. The van der Waals surface area contributed by atoms with Crippen LogP contribution in [0.15, 0.2) is 0 Å². The fourth-order valence-corrected chi connectivity index (χ4v) is 3.73. The Labute approximate surface area is 134 Å². The molecule has 0 bridgehead atoms. The maximum absolute atomic E-state index is 4.96. The highest BCUT2D eigenvalue weighted by molar-refractivity contribution is 7.11. The van der Waals surface area contributed by atoms with Gasteiger partial charge in [-0.2, -0.15) is 0 Å². The lowest BCUT2D eigenvalue weighted by molar-refractivity contribution is 0.308. The Morgan fingerprint density at radius 1 is 1.24 bits per heavy atom. The third kappa shape index (κ3) is 5.35. The van der Waals surface area contributed by atoms with Crippen LogP contribution in [0, 0.1) is 0 Å². The van der Waals surface area contributed by atoms with Crippen LogP contribution in [0.1, 0.15) is 68.0 Å². The largest absolute Gasteiger partial charge is 0.312 e. The molecule has 1 aromatic rings. The van der Waals surface area contributed by atoms with Crippen LogP contribution in [0.25, 0.3) is 0 Å². The maximum atomic E-state index is 4.96. The van der Waals surface area contributed by atoms with Crippen molar-refractivity contribution >= 4 is 11.3 Å². The summed E-state index contributed by atoms with van der Waals surface area (Å²) < 4.78 is 0. The molecule has 0 saturated heterocycles. The van der Waals surface area contributed by atoms with Crippen LogP contribution in [-0.2, 0) is 13.0 Å².